The van der Waals surface area contributed by atoms with E-state index in [1.807, 2.05) is 36.4 Å². The van der Waals surface area contributed by atoms with Gasteiger partial charge in [0.05, 0.1) is 20.5 Å². The second-order valence-corrected chi connectivity index (χ2v) is 9.14. The monoisotopic (exact) mass is 406 g/mol. The van der Waals surface area contributed by atoms with Gasteiger partial charge in [-0.2, -0.15) is 0 Å². The van der Waals surface area contributed by atoms with Crippen molar-refractivity contribution >= 4 is 38.1 Å². The van der Waals surface area contributed by atoms with Gasteiger partial charge in [-0.25, -0.2) is 12.6 Å². The molecule has 0 aliphatic carbocycles. The third-order valence-electron chi connectivity index (χ3n) is 3.57. The third kappa shape index (κ3) is 4.30. The molecule has 0 aliphatic heterocycles. The van der Waals surface area contributed by atoms with Crippen molar-refractivity contribution in [3.63, 3.8) is 0 Å². The highest BCUT2D eigenvalue weighted by molar-refractivity contribution is 7.90. The number of nitrogens with zero attached hydrogens (tertiary/aromatic N) is 1. The highest BCUT2D eigenvalue weighted by Crippen LogP contribution is 2.26. The number of sulfone groups is 1. The molecule has 0 saturated heterocycles. The van der Waals surface area contributed by atoms with Crippen molar-refractivity contribution in [2.45, 2.75) is 9.79 Å². The average Bonchev–Trinajstić information content (AvgIpc) is 2.61. The summed E-state index contributed by atoms with van der Waals surface area (Å²) in [7, 11) is -5.02. The number of benzene rings is 2. The van der Waals surface area contributed by atoms with Crippen LogP contribution in [0.2, 0.25) is 5.02 Å². The lowest BCUT2D eigenvalue weighted by Crippen LogP contribution is -2.06. The normalized spacial score (nSPS) is 12.5. The van der Waals surface area contributed by atoms with E-state index in [0.717, 1.165) is 17.5 Å². The van der Waals surface area contributed by atoms with Crippen LogP contribution in [0.25, 0.3) is 11.3 Å². The molecule has 0 aliphatic rings. The predicted molar refractivity (Wildman–Crippen MR) is 104 cm³/mol. The molecule has 0 radical (unpaired) electrons. The minimum absolute atomic E-state index is 0.0837. The number of hydrogen-bond donors (Lipinski definition) is 1. The first kappa shape index (κ1) is 18.6. The van der Waals surface area contributed by atoms with Crippen LogP contribution in [0.3, 0.4) is 0 Å². The standard InChI is InChI=1S/C18H15ClN2O3S2/c1-26(23,24)15-8-9-18(16(19)12-15)25(22)21-14-6-4-5-13(11-14)17-7-2-3-10-20-17/h2-12,21H,1H3. The number of rotatable bonds is 5. The Bertz CT molecular complexity index is 1070. The summed E-state index contributed by atoms with van der Waals surface area (Å²) >= 11 is 6.12. The summed E-state index contributed by atoms with van der Waals surface area (Å²) < 4.78 is 38.6. The zero-order chi connectivity index (χ0) is 18.7. The van der Waals surface area contributed by atoms with Crippen LogP contribution < -0.4 is 4.72 Å². The second kappa shape index (κ2) is 7.57. The van der Waals surface area contributed by atoms with Crippen LogP contribution in [0.5, 0.6) is 0 Å². The Kier molecular flexibility index (Phi) is 5.41. The molecule has 1 unspecified atom stereocenters. The SMILES string of the molecule is CS(=O)(=O)c1ccc(S(=O)Nc2cccc(-c3ccccn3)c2)c(Cl)c1. The van der Waals surface area contributed by atoms with Crippen molar-refractivity contribution in [2.75, 3.05) is 11.0 Å². The summed E-state index contributed by atoms with van der Waals surface area (Å²) in [6.07, 6.45) is 2.80. The molecule has 3 rings (SSSR count). The van der Waals surface area contributed by atoms with Gasteiger partial charge in [-0.05, 0) is 42.5 Å². The summed E-state index contributed by atoms with van der Waals surface area (Å²) in [4.78, 5) is 4.68. The molecule has 0 amide bonds. The average molecular weight is 407 g/mol. The first-order chi connectivity index (χ1) is 12.3. The number of anilines is 1. The van der Waals surface area contributed by atoms with Gasteiger partial charge in [0.1, 0.15) is 0 Å². The highest BCUT2D eigenvalue weighted by atomic mass is 35.5. The lowest BCUT2D eigenvalue weighted by atomic mass is 10.1. The van der Waals surface area contributed by atoms with E-state index in [-0.39, 0.29) is 9.92 Å². The van der Waals surface area contributed by atoms with Crippen LogP contribution in [0.15, 0.2) is 76.7 Å². The van der Waals surface area contributed by atoms with Crippen LogP contribution >= 0.6 is 11.6 Å². The van der Waals surface area contributed by atoms with Gasteiger partial charge < -0.3 is 4.72 Å². The van der Waals surface area contributed by atoms with E-state index < -0.39 is 20.8 Å². The maximum atomic E-state index is 12.6. The predicted octanol–water partition coefficient (Wildman–Crippen LogP) is 3.94. The van der Waals surface area contributed by atoms with Gasteiger partial charge in [0, 0.05) is 23.7 Å². The van der Waals surface area contributed by atoms with E-state index >= 15 is 0 Å². The highest BCUT2D eigenvalue weighted by Gasteiger charge is 2.14. The third-order valence-corrected chi connectivity index (χ3v) is 6.28. The first-order valence-electron chi connectivity index (χ1n) is 7.54. The molecule has 1 atom stereocenters. The molecule has 0 bridgehead atoms. The van der Waals surface area contributed by atoms with E-state index in [9.17, 15) is 12.6 Å². The smallest absolute Gasteiger partial charge is 0.175 e. The molecule has 3 aromatic rings. The Morgan fingerprint density at radius 1 is 1.04 bits per heavy atom. The van der Waals surface area contributed by atoms with E-state index in [0.29, 0.717) is 10.6 Å². The van der Waals surface area contributed by atoms with Crippen LogP contribution in [-0.2, 0) is 20.8 Å². The number of hydrogen-bond acceptors (Lipinski definition) is 4. The second-order valence-electron chi connectivity index (χ2n) is 5.53. The minimum Gasteiger partial charge on any atom is -0.301 e. The Hall–Kier alpha value is -2.22. The maximum absolute atomic E-state index is 12.6. The molecule has 1 aromatic heterocycles. The fraction of sp³-hybridized carbons (Fsp3) is 0.0556. The number of aromatic nitrogens is 1. The van der Waals surface area contributed by atoms with E-state index in [1.54, 1.807) is 12.3 Å². The van der Waals surface area contributed by atoms with Crippen molar-refractivity contribution in [3.8, 4) is 11.3 Å². The number of halogens is 1. The van der Waals surface area contributed by atoms with Crippen LogP contribution in [0.1, 0.15) is 0 Å². The Labute approximate surface area is 159 Å². The zero-order valence-corrected chi connectivity index (χ0v) is 16.1. The van der Waals surface area contributed by atoms with Crippen molar-refractivity contribution in [2.24, 2.45) is 0 Å². The lowest BCUT2D eigenvalue weighted by molar-refractivity contribution is 0.601. The van der Waals surface area contributed by atoms with E-state index in [2.05, 4.69) is 9.71 Å². The summed E-state index contributed by atoms with van der Waals surface area (Å²) in [5, 5.41) is 0.125. The van der Waals surface area contributed by atoms with Gasteiger partial charge in [-0.15, -0.1) is 0 Å². The van der Waals surface area contributed by atoms with Crippen LogP contribution in [0, 0.1) is 0 Å². The molecule has 0 fully saturated rings. The largest absolute Gasteiger partial charge is 0.301 e. The quantitative estimate of drug-likeness (QED) is 0.696. The van der Waals surface area contributed by atoms with Gasteiger partial charge in [0.2, 0.25) is 0 Å². The van der Waals surface area contributed by atoms with Crippen LogP contribution in [0.4, 0.5) is 5.69 Å². The van der Waals surface area contributed by atoms with Crippen LogP contribution in [-0.4, -0.2) is 23.9 Å². The molecule has 0 spiro atoms. The molecule has 0 saturated carbocycles. The van der Waals surface area contributed by atoms with Crippen molar-refractivity contribution in [1.29, 1.82) is 0 Å². The fourth-order valence-electron chi connectivity index (χ4n) is 2.30. The molecular formula is C18H15ClN2O3S2. The Morgan fingerprint density at radius 3 is 2.50 bits per heavy atom. The Morgan fingerprint density at radius 2 is 1.85 bits per heavy atom. The Balaban J connectivity index is 1.85. The maximum Gasteiger partial charge on any atom is 0.175 e. The van der Waals surface area contributed by atoms with Gasteiger partial charge in [0.15, 0.2) is 20.8 Å². The van der Waals surface area contributed by atoms with E-state index in [1.165, 1.54) is 18.2 Å². The fourth-order valence-corrected chi connectivity index (χ4v) is 4.28. The minimum atomic E-state index is -3.37. The molecule has 8 heteroatoms. The molecule has 26 heavy (non-hydrogen) atoms. The van der Waals surface area contributed by atoms with Crippen molar-refractivity contribution in [3.05, 3.63) is 71.9 Å². The molecule has 134 valence electrons. The van der Waals surface area contributed by atoms with Gasteiger partial charge >= 0.3 is 0 Å². The van der Waals surface area contributed by atoms with Crippen molar-refractivity contribution < 1.29 is 12.6 Å². The first-order valence-corrected chi connectivity index (χ1v) is 11.0. The summed E-state index contributed by atoms with van der Waals surface area (Å²) in [5.41, 5.74) is 2.32. The molecule has 5 nitrogen and oxygen atoms in total. The topological polar surface area (TPSA) is 76.1 Å². The lowest BCUT2D eigenvalue weighted by Gasteiger charge is -2.10. The van der Waals surface area contributed by atoms with Gasteiger partial charge in [-0.1, -0.05) is 29.8 Å². The molecule has 1 heterocycles. The number of nitrogens with one attached hydrogen (secondary N) is 1. The zero-order valence-electron chi connectivity index (χ0n) is 13.7. The molecule has 2 aromatic carbocycles. The summed E-state index contributed by atoms with van der Waals surface area (Å²) in [6.45, 7) is 0. The van der Waals surface area contributed by atoms with Gasteiger partial charge in [-0.3, -0.25) is 4.98 Å². The molecule has 1 N–H and O–H groups in total. The number of pyridine rings is 1. The summed E-state index contributed by atoms with van der Waals surface area (Å²) in [5.74, 6) is 0. The summed E-state index contributed by atoms with van der Waals surface area (Å²) in [6, 6.07) is 17.1. The molecular weight excluding hydrogens is 392 g/mol. The van der Waals surface area contributed by atoms with E-state index in [4.69, 9.17) is 11.6 Å². The van der Waals surface area contributed by atoms with Crippen molar-refractivity contribution in [1.82, 2.24) is 4.98 Å². The van der Waals surface area contributed by atoms with Gasteiger partial charge in [0.25, 0.3) is 0 Å².